The lowest BCUT2D eigenvalue weighted by Crippen LogP contribution is -2.08. The summed E-state index contributed by atoms with van der Waals surface area (Å²) in [6, 6.07) is 14.8. The second kappa shape index (κ2) is 4.93. The molecule has 0 spiro atoms. The van der Waals surface area contributed by atoms with Crippen LogP contribution in [0.1, 0.15) is 0 Å². The Balaban J connectivity index is 2.12. The lowest BCUT2D eigenvalue weighted by Gasteiger charge is -2.13. The van der Waals surface area contributed by atoms with Gasteiger partial charge >= 0.3 is 0 Å². The largest absolute Gasteiger partial charge is 0.378 e. The zero-order chi connectivity index (χ0) is 14.1. The number of fused-ring (bicyclic) bond motifs is 1. The first kappa shape index (κ1) is 12.6. The van der Waals surface area contributed by atoms with Gasteiger partial charge < -0.3 is 4.90 Å². The normalized spacial score (nSPS) is 10.8. The summed E-state index contributed by atoms with van der Waals surface area (Å²) in [6.07, 6.45) is 1.72. The van der Waals surface area contributed by atoms with E-state index in [1.54, 1.807) is 18.3 Å². The number of hydrogen-bond acceptors (Lipinski definition) is 2. The van der Waals surface area contributed by atoms with Gasteiger partial charge in [-0.25, -0.2) is 4.39 Å². The van der Waals surface area contributed by atoms with E-state index in [1.165, 1.54) is 6.07 Å². The maximum atomic E-state index is 13.8. The Kier molecular flexibility index (Phi) is 3.11. The van der Waals surface area contributed by atoms with Gasteiger partial charge in [-0.15, -0.1) is 0 Å². The van der Waals surface area contributed by atoms with Crippen LogP contribution in [0, 0.1) is 5.82 Å². The Bertz CT molecular complexity index is 766. The number of benzene rings is 2. The Morgan fingerprint density at radius 2 is 1.80 bits per heavy atom. The molecule has 0 bridgehead atoms. The van der Waals surface area contributed by atoms with Gasteiger partial charge in [0.15, 0.2) is 0 Å². The highest BCUT2D eigenvalue weighted by molar-refractivity contribution is 5.86. The van der Waals surface area contributed by atoms with Crippen LogP contribution in [0.2, 0.25) is 0 Å². The van der Waals surface area contributed by atoms with E-state index in [0.29, 0.717) is 5.56 Å². The molecule has 20 heavy (non-hydrogen) atoms. The summed E-state index contributed by atoms with van der Waals surface area (Å²) in [5, 5.41) is 1.01. The fourth-order valence-corrected chi connectivity index (χ4v) is 2.23. The summed E-state index contributed by atoms with van der Waals surface area (Å²) in [7, 11) is 3.99. The fourth-order valence-electron chi connectivity index (χ4n) is 2.23. The van der Waals surface area contributed by atoms with Crippen LogP contribution >= 0.6 is 0 Å². The molecule has 0 unspecified atom stereocenters. The Labute approximate surface area is 117 Å². The predicted octanol–water partition coefficient (Wildman–Crippen LogP) is 4.11. The van der Waals surface area contributed by atoms with Gasteiger partial charge in [-0.1, -0.05) is 24.3 Å². The van der Waals surface area contributed by atoms with Crippen molar-refractivity contribution in [3.63, 3.8) is 0 Å². The number of aromatic nitrogens is 1. The van der Waals surface area contributed by atoms with Crippen molar-refractivity contribution in [2.24, 2.45) is 0 Å². The number of anilines is 1. The Morgan fingerprint density at radius 1 is 1.00 bits per heavy atom. The number of nitrogens with zero attached hydrogens (tertiary/aromatic N) is 2. The molecule has 0 saturated heterocycles. The highest BCUT2D eigenvalue weighted by atomic mass is 19.1. The van der Waals surface area contributed by atoms with Crippen molar-refractivity contribution in [3.05, 3.63) is 60.5 Å². The monoisotopic (exact) mass is 266 g/mol. The van der Waals surface area contributed by atoms with Crippen LogP contribution in [-0.2, 0) is 0 Å². The van der Waals surface area contributed by atoms with Gasteiger partial charge in [0.1, 0.15) is 5.82 Å². The highest BCUT2D eigenvalue weighted by Crippen LogP contribution is 2.26. The third kappa shape index (κ3) is 2.23. The molecule has 0 amide bonds. The van der Waals surface area contributed by atoms with E-state index in [1.807, 2.05) is 49.3 Å². The predicted molar refractivity (Wildman–Crippen MR) is 81.5 cm³/mol. The van der Waals surface area contributed by atoms with Crippen LogP contribution in [0.5, 0.6) is 0 Å². The van der Waals surface area contributed by atoms with Crippen molar-refractivity contribution in [2.45, 2.75) is 0 Å². The average Bonchev–Trinajstić information content (AvgIpc) is 2.46. The standard InChI is InChI=1S/C17H15FN2/c1-20(2)14-8-7-12-9-13(11-19-17(12)10-14)15-5-3-4-6-16(15)18/h3-11H,1-2H3. The molecular weight excluding hydrogens is 251 g/mol. The van der Waals surface area contributed by atoms with E-state index in [4.69, 9.17) is 0 Å². The van der Waals surface area contributed by atoms with Crippen LogP contribution in [-0.4, -0.2) is 19.1 Å². The molecule has 1 aromatic heterocycles. The van der Waals surface area contributed by atoms with Crippen molar-refractivity contribution >= 4 is 16.6 Å². The number of rotatable bonds is 2. The lowest BCUT2D eigenvalue weighted by molar-refractivity contribution is 0.631. The fraction of sp³-hybridized carbons (Fsp3) is 0.118. The summed E-state index contributed by atoms with van der Waals surface area (Å²) in [5.74, 6) is -0.224. The van der Waals surface area contributed by atoms with Gasteiger partial charge in [-0.3, -0.25) is 4.98 Å². The summed E-state index contributed by atoms with van der Waals surface area (Å²) in [4.78, 5) is 6.48. The second-order valence-electron chi connectivity index (χ2n) is 4.98. The number of hydrogen-bond donors (Lipinski definition) is 0. The molecular formula is C17H15FN2. The van der Waals surface area contributed by atoms with Crippen molar-refractivity contribution in [1.29, 1.82) is 0 Å². The molecule has 0 N–H and O–H groups in total. The zero-order valence-corrected chi connectivity index (χ0v) is 11.5. The van der Waals surface area contributed by atoms with Gasteiger partial charge in [0.2, 0.25) is 0 Å². The van der Waals surface area contributed by atoms with Gasteiger partial charge in [0.25, 0.3) is 0 Å². The molecule has 100 valence electrons. The SMILES string of the molecule is CN(C)c1ccc2cc(-c3ccccc3F)cnc2c1. The van der Waals surface area contributed by atoms with Crippen LogP contribution < -0.4 is 4.90 Å². The van der Waals surface area contributed by atoms with Crippen molar-refractivity contribution < 1.29 is 4.39 Å². The van der Waals surface area contributed by atoms with Crippen LogP contribution in [0.4, 0.5) is 10.1 Å². The summed E-state index contributed by atoms with van der Waals surface area (Å²) < 4.78 is 13.8. The van der Waals surface area contributed by atoms with Gasteiger partial charge in [0, 0.05) is 42.5 Å². The molecule has 0 saturated carbocycles. The summed E-state index contributed by atoms with van der Waals surface area (Å²) >= 11 is 0. The molecule has 2 nitrogen and oxygen atoms in total. The zero-order valence-electron chi connectivity index (χ0n) is 11.5. The van der Waals surface area contributed by atoms with Crippen molar-refractivity contribution in [3.8, 4) is 11.1 Å². The topological polar surface area (TPSA) is 16.1 Å². The van der Waals surface area contributed by atoms with E-state index < -0.39 is 0 Å². The minimum absolute atomic E-state index is 0.224. The van der Waals surface area contributed by atoms with E-state index in [0.717, 1.165) is 22.2 Å². The molecule has 3 aromatic rings. The first-order chi connectivity index (χ1) is 9.65. The Hall–Kier alpha value is -2.42. The molecule has 1 heterocycles. The van der Waals surface area contributed by atoms with Crippen LogP contribution in [0.15, 0.2) is 54.7 Å². The van der Waals surface area contributed by atoms with Gasteiger partial charge in [-0.2, -0.15) is 0 Å². The van der Waals surface area contributed by atoms with Crippen LogP contribution in [0.25, 0.3) is 22.0 Å². The quantitative estimate of drug-likeness (QED) is 0.694. The van der Waals surface area contributed by atoms with E-state index in [9.17, 15) is 4.39 Å². The molecule has 0 aliphatic heterocycles. The second-order valence-corrected chi connectivity index (χ2v) is 4.98. The minimum atomic E-state index is -0.224. The van der Waals surface area contributed by atoms with Crippen molar-refractivity contribution in [1.82, 2.24) is 4.98 Å². The maximum absolute atomic E-state index is 13.8. The average molecular weight is 266 g/mol. The molecule has 0 atom stereocenters. The van der Waals surface area contributed by atoms with E-state index >= 15 is 0 Å². The first-order valence-corrected chi connectivity index (χ1v) is 6.47. The van der Waals surface area contributed by atoms with Gasteiger partial charge in [0.05, 0.1) is 5.52 Å². The van der Waals surface area contributed by atoms with Crippen molar-refractivity contribution in [2.75, 3.05) is 19.0 Å². The first-order valence-electron chi connectivity index (χ1n) is 6.47. The Morgan fingerprint density at radius 3 is 2.55 bits per heavy atom. The molecule has 3 rings (SSSR count). The molecule has 0 aliphatic carbocycles. The van der Waals surface area contributed by atoms with E-state index in [2.05, 4.69) is 4.98 Å². The highest BCUT2D eigenvalue weighted by Gasteiger charge is 2.06. The third-order valence-electron chi connectivity index (χ3n) is 3.37. The van der Waals surface area contributed by atoms with E-state index in [-0.39, 0.29) is 5.82 Å². The molecule has 3 heteroatoms. The minimum Gasteiger partial charge on any atom is -0.378 e. The molecule has 0 aliphatic rings. The summed E-state index contributed by atoms with van der Waals surface area (Å²) in [6.45, 7) is 0. The maximum Gasteiger partial charge on any atom is 0.131 e. The lowest BCUT2D eigenvalue weighted by atomic mass is 10.0. The smallest absolute Gasteiger partial charge is 0.131 e. The number of halogens is 1. The van der Waals surface area contributed by atoms with Crippen LogP contribution in [0.3, 0.4) is 0 Å². The molecule has 2 aromatic carbocycles. The third-order valence-corrected chi connectivity index (χ3v) is 3.37. The molecule has 0 fully saturated rings. The summed E-state index contributed by atoms with van der Waals surface area (Å²) in [5.41, 5.74) is 3.40. The number of pyridine rings is 1. The molecule has 0 radical (unpaired) electrons. The van der Waals surface area contributed by atoms with Gasteiger partial charge in [-0.05, 0) is 24.3 Å².